The van der Waals surface area contributed by atoms with E-state index >= 15 is 0 Å². The summed E-state index contributed by atoms with van der Waals surface area (Å²) in [5, 5.41) is 2.64. The van der Waals surface area contributed by atoms with Gasteiger partial charge in [-0.15, -0.1) is 0 Å². The molecule has 0 fully saturated rings. The fourth-order valence-corrected chi connectivity index (χ4v) is 2.02. The fraction of sp³-hybridized carbons (Fsp3) is 0.263. The minimum atomic E-state index is -0.429. The number of carbonyl (C=O) groups excluding carboxylic acids is 2. The molecule has 0 spiro atoms. The normalized spacial score (nSPS) is 9.96. The third kappa shape index (κ3) is 6.95. The molecule has 1 N–H and O–H groups in total. The second-order valence-corrected chi connectivity index (χ2v) is 5.20. The van der Waals surface area contributed by atoms with Gasteiger partial charge in [0.15, 0.2) is 6.61 Å². The number of anilines is 1. The van der Waals surface area contributed by atoms with Gasteiger partial charge in [-0.05, 0) is 42.8 Å². The van der Waals surface area contributed by atoms with Crippen LogP contribution in [-0.2, 0) is 14.3 Å². The van der Waals surface area contributed by atoms with Crippen LogP contribution < -0.4 is 14.8 Å². The second kappa shape index (κ2) is 9.97. The highest BCUT2D eigenvalue weighted by atomic mass is 16.5. The van der Waals surface area contributed by atoms with Crippen LogP contribution in [-0.4, -0.2) is 32.2 Å². The number of carbonyl (C=O) groups is 2. The first-order valence-electron chi connectivity index (χ1n) is 7.95. The average molecular weight is 343 g/mol. The van der Waals surface area contributed by atoms with Crippen LogP contribution in [0.3, 0.4) is 0 Å². The Kier molecular flexibility index (Phi) is 7.31. The van der Waals surface area contributed by atoms with E-state index in [-0.39, 0.29) is 18.9 Å². The lowest BCUT2D eigenvalue weighted by Gasteiger charge is -2.08. The molecule has 25 heavy (non-hydrogen) atoms. The van der Waals surface area contributed by atoms with Crippen molar-refractivity contribution in [1.29, 1.82) is 0 Å². The molecule has 0 saturated heterocycles. The van der Waals surface area contributed by atoms with Gasteiger partial charge < -0.3 is 19.5 Å². The molecule has 6 nitrogen and oxygen atoms in total. The molecular formula is C19H21NO5. The summed E-state index contributed by atoms with van der Waals surface area (Å²) >= 11 is 0. The lowest BCUT2D eigenvalue weighted by Crippen LogP contribution is -2.21. The van der Waals surface area contributed by atoms with Crippen molar-refractivity contribution < 1.29 is 23.8 Å². The number of amides is 1. The Bertz CT molecular complexity index is 670. The summed E-state index contributed by atoms with van der Waals surface area (Å²) in [5.41, 5.74) is 0.663. The van der Waals surface area contributed by atoms with E-state index in [1.165, 1.54) is 0 Å². The lowest BCUT2D eigenvalue weighted by molar-refractivity contribution is -0.147. The van der Waals surface area contributed by atoms with Crippen molar-refractivity contribution in [1.82, 2.24) is 0 Å². The number of rotatable bonds is 9. The van der Waals surface area contributed by atoms with Crippen LogP contribution in [0.2, 0.25) is 0 Å². The summed E-state index contributed by atoms with van der Waals surface area (Å²) in [5.74, 6) is 0.664. The van der Waals surface area contributed by atoms with Gasteiger partial charge in [-0.3, -0.25) is 9.59 Å². The van der Waals surface area contributed by atoms with Gasteiger partial charge in [0.1, 0.15) is 11.5 Å². The van der Waals surface area contributed by atoms with Crippen LogP contribution in [0.5, 0.6) is 11.5 Å². The van der Waals surface area contributed by atoms with Crippen LogP contribution in [0.25, 0.3) is 0 Å². The molecule has 0 atom stereocenters. The standard InChI is InChI=1S/C19H21NO5/c1-23-16-9-11-17(12-10-16)24-13-5-8-19(22)25-14-18(21)20-15-6-3-2-4-7-15/h2-4,6-7,9-12H,5,8,13-14H2,1H3,(H,20,21). The molecule has 2 aromatic rings. The first kappa shape index (κ1) is 18.3. The molecule has 0 radical (unpaired) electrons. The average Bonchev–Trinajstić information content (AvgIpc) is 2.65. The molecule has 2 aromatic carbocycles. The molecule has 6 heteroatoms. The van der Waals surface area contributed by atoms with Gasteiger partial charge in [0.05, 0.1) is 13.7 Å². The van der Waals surface area contributed by atoms with Crippen LogP contribution in [0.15, 0.2) is 54.6 Å². The number of hydrogen-bond donors (Lipinski definition) is 1. The summed E-state index contributed by atoms with van der Waals surface area (Å²) in [7, 11) is 1.60. The molecular weight excluding hydrogens is 322 g/mol. The molecule has 0 aromatic heterocycles. The number of esters is 1. The summed E-state index contributed by atoms with van der Waals surface area (Å²) in [6.45, 7) is 0.0880. The van der Waals surface area contributed by atoms with Crippen LogP contribution in [0.1, 0.15) is 12.8 Å². The van der Waals surface area contributed by atoms with E-state index in [1.54, 1.807) is 43.5 Å². The number of nitrogens with one attached hydrogen (secondary N) is 1. The minimum absolute atomic E-state index is 0.189. The zero-order chi connectivity index (χ0) is 17.9. The highest BCUT2D eigenvalue weighted by Crippen LogP contribution is 2.17. The van der Waals surface area contributed by atoms with Crippen molar-refractivity contribution in [3.63, 3.8) is 0 Å². The minimum Gasteiger partial charge on any atom is -0.497 e. The Morgan fingerprint density at radius 3 is 2.32 bits per heavy atom. The van der Waals surface area contributed by atoms with Crippen LogP contribution >= 0.6 is 0 Å². The van der Waals surface area contributed by atoms with Crippen molar-refractivity contribution in [2.45, 2.75) is 12.8 Å². The van der Waals surface area contributed by atoms with E-state index in [1.807, 2.05) is 18.2 Å². The topological polar surface area (TPSA) is 73.9 Å². The lowest BCUT2D eigenvalue weighted by atomic mass is 10.3. The van der Waals surface area contributed by atoms with Crippen molar-refractivity contribution in [3.8, 4) is 11.5 Å². The van der Waals surface area contributed by atoms with Gasteiger partial charge in [0, 0.05) is 12.1 Å². The summed E-state index contributed by atoms with van der Waals surface area (Å²) in [6.07, 6.45) is 0.694. The third-order valence-electron chi connectivity index (χ3n) is 3.28. The van der Waals surface area contributed by atoms with E-state index < -0.39 is 5.97 Å². The van der Waals surface area contributed by atoms with Crippen LogP contribution in [0.4, 0.5) is 5.69 Å². The van der Waals surface area contributed by atoms with Crippen molar-refractivity contribution in [2.75, 3.05) is 25.6 Å². The van der Waals surface area contributed by atoms with Crippen molar-refractivity contribution in [2.24, 2.45) is 0 Å². The first-order chi connectivity index (χ1) is 12.2. The molecule has 0 unspecified atom stereocenters. The molecule has 0 bridgehead atoms. The molecule has 2 rings (SSSR count). The van der Waals surface area contributed by atoms with Crippen molar-refractivity contribution >= 4 is 17.6 Å². The third-order valence-corrected chi connectivity index (χ3v) is 3.28. The number of benzene rings is 2. The summed E-state index contributed by atoms with van der Waals surface area (Å²) in [6, 6.07) is 16.2. The van der Waals surface area contributed by atoms with Gasteiger partial charge in [-0.2, -0.15) is 0 Å². The smallest absolute Gasteiger partial charge is 0.306 e. The number of methoxy groups -OCH3 is 1. The Morgan fingerprint density at radius 2 is 1.64 bits per heavy atom. The van der Waals surface area contributed by atoms with E-state index in [0.29, 0.717) is 24.5 Å². The van der Waals surface area contributed by atoms with Gasteiger partial charge >= 0.3 is 5.97 Å². The highest BCUT2D eigenvalue weighted by molar-refractivity contribution is 5.92. The van der Waals surface area contributed by atoms with Crippen molar-refractivity contribution in [3.05, 3.63) is 54.6 Å². The van der Waals surface area contributed by atoms with E-state index in [0.717, 1.165) is 5.75 Å². The molecule has 0 heterocycles. The Morgan fingerprint density at radius 1 is 0.960 bits per heavy atom. The van der Waals surface area contributed by atoms with Gasteiger partial charge in [0.2, 0.25) is 0 Å². The largest absolute Gasteiger partial charge is 0.497 e. The molecule has 0 aliphatic rings. The summed E-state index contributed by atoms with van der Waals surface area (Å²) in [4.78, 5) is 23.3. The highest BCUT2D eigenvalue weighted by Gasteiger charge is 2.08. The molecule has 0 aliphatic carbocycles. The maximum Gasteiger partial charge on any atom is 0.306 e. The monoisotopic (exact) mass is 343 g/mol. The number of ether oxygens (including phenoxy) is 3. The number of para-hydroxylation sites is 1. The van der Waals surface area contributed by atoms with E-state index in [4.69, 9.17) is 14.2 Å². The first-order valence-corrected chi connectivity index (χ1v) is 7.95. The van der Waals surface area contributed by atoms with Crippen LogP contribution in [0, 0.1) is 0 Å². The Labute approximate surface area is 146 Å². The SMILES string of the molecule is COc1ccc(OCCCC(=O)OCC(=O)Nc2ccccc2)cc1. The molecule has 0 saturated carbocycles. The number of hydrogen-bond acceptors (Lipinski definition) is 5. The van der Waals surface area contributed by atoms with Gasteiger partial charge in [0.25, 0.3) is 5.91 Å². The molecule has 0 aliphatic heterocycles. The second-order valence-electron chi connectivity index (χ2n) is 5.20. The predicted molar refractivity (Wildman–Crippen MR) is 93.8 cm³/mol. The van der Waals surface area contributed by atoms with Gasteiger partial charge in [-0.25, -0.2) is 0 Å². The molecule has 132 valence electrons. The maximum atomic E-state index is 11.7. The zero-order valence-corrected chi connectivity index (χ0v) is 14.1. The quantitative estimate of drug-likeness (QED) is 0.559. The predicted octanol–water partition coefficient (Wildman–Crippen LogP) is 3.04. The Balaban J connectivity index is 1.58. The van der Waals surface area contributed by atoms with Gasteiger partial charge in [-0.1, -0.05) is 18.2 Å². The fourth-order valence-electron chi connectivity index (χ4n) is 2.02. The zero-order valence-electron chi connectivity index (χ0n) is 14.1. The van der Waals surface area contributed by atoms with E-state index in [2.05, 4.69) is 5.32 Å². The Hall–Kier alpha value is -3.02. The maximum absolute atomic E-state index is 11.7. The molecule has 1 amide bonds. The summed E-state index contributed by atoms with van der Waals surface area (Å²) < 4.78 is 15.5. The van der Waals surface area contributed by atoms with E-state index in [9.17, 15) is 9.59 Å².